The van der Waals surface area contributed by atoms with Gasteiger partial charge in [0.05, 0.1) is 31.3 Å². The van der Waals surface area contributed by atoms with Gasteiger partial charge in [-0.2, -0.15) is 30.0 Å². The van der Waals surface area contributed by atoms with Crippen LogP contribution in [0.1, 0.15) is 5.56 Å². The average Bonchev–Trinajstić information content (AvgIpc) is 2.58. The lowest BCUT2D eigenvalue weighted by molar-refractivity contribution is -0.151. The minimum Gasteiger partial charge on any atom is -0.371 e. The van der Waals surface area contributed by atoms with E-state index in [-0.39, 0.29) is 24.7 Å². The SMILES string of the molecule is Cc1ccc(S(=O)(=O)OCC2CO[C@@H](COS(=O)(=O)C(F)(F)F)CO2)cc1. The molecule has 13 heteroatoms. The second kappa shape index (κ2) is 8.41. The molecule has 2 rings (SSSR count). The molecular formula is C14H17F3O8S2. The lowest BCUT2D eigenvalue weighted by Gasteiger charge is -2.28. The number of rotatable bonds is 7. The number of aryl methyl sites for hydroxylation is 1. The standard InChI is InChI=1S/C14H17F3O8S2/c1-10-2-4-13(5-3-10)26(18,19)24-8-11-6-23-12(7-22-11)9-25-27(20,21)14(15,16)17/h2-5,11-12H,6-9H2,1H3/t11?,12-/m1/s1. The molecule has 1 aliphatic rings. The fourth-order valence-corrected chi connectivity index (χ4v) is 3.35. The van der Waals surface area contributed by atoms with Gasteiger partial charge in [-0.1, -0.05) is 17.7 Å². The summed E-state index contributed by atoms with van der Waals surface area (Å²) in [4.78, 5) is -0.0338. The van der Waals surface area contributed by atoms with Crippen molar-refractivity contribution in [3.8, 4) is 0 Å². The van der Waals surface area contributed by atoms with Gasteiger partial charge in [0.2, 0.25) is 0 Å². The molecule has 1 aromatic rings. The monoisotopic (exact) mass is 434 g/mol. The van der Waals surface area contributed by atoms with Crippen molar-refractivity contribution in [2.45, 2.75) is 29.5 Å². The Morgan fingerprint density at radius 3 is 1.89 bits per heavy atom. The number of halogens is 3. The smallest absolute Gasteiger partial charge is 0.371 e. The highest BCUT2D eigenvalue weighted by Gasteiger charge is 2.47. The van der Waals surface area contributed by atoms with Gasteiger partial charge in [-0.15, -0.1) is 0 Å². The van der Waals surface area contributed by atoms with E-state index in [1.54, 1.807) is 19.1 Å². The summed E-state index contributed by atoms with van der Waals surface area (Å²) >= 11 is 0. The Bertz CT molecular complexity index is 826. The zero-order chi connectivity index (χ0) is 20.3. The van der Waals surface area contributed by atoms with E-state index < -0.39 is 44.6 Å². The molecule has 0 radical (unpaired) electrons. The highest BCUT2D eigenvalue weighted by atomic mass is 32.2. The van der Waals surface area contributed by atoms with E-state index in [0.717, 1.165) is 5.56 Å². The Morgan fingerprint density at radius 2 is 1.44 bits per heavy atom. The highest BCUT2D eigenvalue weighted by Crippen LogP contribution is 2.25. The molecule has 1 heterocycles. The molecule has 154 valence electrons. The van der Waals surface area contributed by atoms with Gasteiger partial charge in [-0.25, -0.2) is 0 Å². The van der Waals surface area contributed by atoms with Crippen molar-refractivity contribution in [1.29, 1.82) is 0 Å². The summed E-state index contributed by atoms with van der Waals surface area (Å²) in [6.07, 6.45) is -1.84. The van der Waals surface area contributed by atoms with Gasteiger partial charge in [-0.05, 0) is 19.1 Å². The molecule has 8 nitrogen and oxygen atoms in total. The molecule has 0 aliphatic carbocycles. The van der Waals surface area contributed by atoms with Gasteiger partial charge in [0.15, 0.2) is 0 Å². The first-order chi connectivity index (χ1) is 12.4. The molecule has 0 N–H and O–H groups in total. The van der Waals surface area contributed by atoms with E-state index in [1.807, 2.05) is 0 Å². The lowest BCUT2D eigenvalue weighted by Crippen LogP contribution is -2.41. The molecule has 1 unspecified atom stereocenters. The maximum atomic E-state index is 12.2. The van der Waals surface area contributed by atoms with Gasteiger partial charge < -0.3 is 9.47 Å². The third-order valence-electron chi connectivity index (χ3n) is 3.45. The van der Waals surface area contributed by atoms with E-state index in [1.165, 1.54) is 12.1 Å². The van der Waals surface area contributed by atoms with Crippen LogP contribution in [0, 0.1) is 6.92 Å². The van der Waals surface area contributed by atoms with Crippen LogP contribution in [0.3, 0.4) is 0 Å². The Labute approximate surface area is 154 Å². The van der Waals surface area contributed by atoms with Crippen molar-refractivity contribution in [1.82, 2.24) is 0 Å². The Morgan fingerprint density at radius 1 is 0.963 bits per heavy atom. The predicted octanol–water partition coefficient (Wildman–Crippen LogP) is 1.35. The third-order valence-corrected chi connectivity index (χ3v) is 5.76. The molecule has 0 saturated carbocycles. The molecule has 0 bridgehead atoms. The van der Waals surface area contributed by atoms with Crippen LogP contribution < -0.4 is 0 Å². The minimum absolute atomic E-state index is 0.0338. The molecule has 1 aromatic carbocycles. The van der Waals surface area contributed by atoms with E-state index in [4.69, 9.17) is 13.7 Å². The normalized spacial score (nSPS) is 21.9. The molecule has 1 saturated heterocycles. The Hall–Kier alpha value is -1.25. The number of hydrogen-bond donors (Lipinski definition) is 0. The maximum absolute atomic E-state index is 12.2. The molecular weight excluding hydrogens is 417 g/mol. The summed E-state index contributed by atoms with van der Waals surface area (Å²) in [5.74, 6) is 0. The molecule has 0 spiro atoms. The molecule has 0 amide bonds. The van der Waals surface area contributed by atoms with Crippen molar-refractivity contribution in [2.24, 2.45) is 0 Å². The summed E-state index contributed by atoms with van der Waals surface area (Å²) in [7, 11) is -9.71. The maximum Gasteiger partial charge on any atom is 0.523 e. The first kappa shape index (κ1) is 22.0. The van der Waals surface area contributed by atoms with Crippen LogP contribution in [0.5, 0.6) is 0 Å². The van der Waals surface area contributed by atoms with Crippen molar-refractivity contribution >= 4 is 20.2 Å². The van der Waals surface area contributed by atoms with Gasteiger partial charge in [0, 0.05) is 0 Å². The van der Waals surface area contributed by atoms with Crippen LogP contribution in [-0.2, 0) is 38.1 Å². The molecule has 2 atom stereocenters. The van der Waals surface area contributed by atoms with Crippen molar-refractivity contribution in [3.63, 3.8) is 0 Å². The van der Waals surface area contributed by atoms with Crippen LogP contribution in [0.15, 0.2) is 29.2 Å². The molecule has 0 aromatic heterocycles. The molecule has 27 heavy (non-hydrogen) atoms. The predicted molar refractivity (Wildman–Crippen MR) is 84.7 cm³/mol. The summed E-state index contributed by atoms with van der Waals surface area (Å²) < 4.78 is 101. The van der Waals surface area contributed by atoms with Crippen molar-refractivity contribution < 1.29 is 47.8 Å². The number of hydrogen-bond acceptors (Lipinski definition) is 8. The van der Waals surface area contributed by atoms with Crippen LogP contribution in [-0.4, -0.2) is 61.0 Å². The summed E-state index contributed by atoms with van der Waals surface area (Å²) in [6.45, 7) is 0.0573. The average molecular weight is 434 g/mol. The second-order valence-corrected chi connectivity index (χ2v) is 8.87. The fourth-order valence-electron chi connectivity index (χ4n) is 1.95. The van der Waals surface area contributed by atoms with Gasteiger partial charge in [0.25, 0.3) is 10.1 Å². The zero-order valence-electron chi connectivity index (χ0n) is 14.0. The molecule has 1 aliphatic heterocycles. The van der Waals surface area contributed by atoms with E-state index in [2.05, 4.69) is 4.18 Å². The first-order valence-electron chi connectivity index (χ1n) is 7.56. The first-order valence-corrected chi connectivity index (χ1v) is 10.4. The number of alkyl halides is 3. The number of ether oxygens (including phenoxy) is 2. The Balaban J connectivity index is 1.78. The third kappa shape index (κ3) is 6.12. The van der Waals surface area contributed by atoms with Crippen molar-refractivity contribution in [3.05, 3.63) is 29.8 Å². The largest absolute Gasteiger partial charge is 0.523 e. The number of benzene rings is 1. The van der Waals surface area contributed by atoms with E-state index in [9.17, 15) is 30.0 Å². The topological polar surface area (TPSA) is 105 Å². The summed E-state index contributed by atoms with van der Waals surface area (Å²) in [5.41, 5.74) is -4.65. The van der Waals surface area contributed by atoms with Crippen LogP contribution >= 0.6 is 0 Å². The summed E-state index contributed by atoms with van der Waals surface area (Å²) in [5, 5.41) is 0. The van der Waals surface area contributed by atoms with Crippen LogP contribution in [0.2, 0.25) is 0 Å². The van der Waals surface area contributed by atoms with Gasteiger partial charge >= 0.3 is 15.6 Å². The quantitative estimate of drug-likeness (QED) is 0.468. The van der Waals surface area contributed by atoms with Crippen molar-refractivity contribution in [2.75, 3.05) is 26.4 Å². The second-order valence-electron chi connectivity index (χ2n) is 5.65. The fraction of sp³-hybridized carbons (Fsp3) is 0.571. The van der Waals surface area contributed by atoms with Gasteiger partial charge in [-0.3, -0.25) is 8.37 Å². The molecule has 1 fully saturated rings. The van der Waals surface area contributed by atoms with E-state index in [0.29, 0.717) is 0 Å². The van der Waals surface area contributed by atoms with Gasteiger partial charge in [0.1, 0.15) is 12.2 Å². The summed E-state index contributed by atoms with van der Waals surface area (Å²) in [6, 6.07) is 5.99. The lowest BCUT2D eigenvalue weighted by atomic mass is 10.2. The van der Waals surface area contributed by atoms with E-state index >= 15 is 0 Å². The Kier molecular flexibility index (Phi) is 6.86. The van der Waals surface area contributed by atoms with Crippen LogP contribution in [0.25, 0.3) is 0 Å². The minimum atomic E-state index is -5.71. The zero-order valence-corrected chi connectivity index (χ0v) is 15.6. The van der Waals surface area contributed by atoms with Crippen LogP contribution in [0.4, 0.5) is 13.2 Å². The highest BCUT2D eigenvalue weighted by molar-refractivity contribution is 7.87.